The number of nitrogens with zero attached hydrogens (tertiary/aromatic N) is 1. The fourth-order valence-corrected chi connectivity index (χ4v) is 3.02. The average molecular weight is 341 g/mol. The van der Waals surface area contributed by atoms with E-state index in [9.17, 15) is 5.11 Å². The van der Waals surface area contributed by atoms with Crippen molar-refractivity contribution in [2.24, 2.45) is 0 Å². The number of hydrogen-bond donors (Lipinski definition) is 1. The van der Waals surface area contributed by atoms with Crippen molar-refractivity contribution in [2.75, 3.05) is 25.6 Å². The third kappa shape index (κ3) is 6.43. The zero-order chi connectivity index (χ0) is 18.1. The van der Waals surface area contributed by atoms with Gasteiger partial charge in [0.25, 0.3) is 0 Å². The van der Waals surface area contributed by atoms with Gasteiger partial charge in [-0.1, -0.05) is 42.8 Å². The summed E-state index contributed by atoms with van der Waals surface area (Å²) in [5, 5.41) is 9.50. The number of unbranched alkanes of at least 4 members (excludes halogenated alkanes) is 2. The molecule has 25 heavy (non-hydrogen) atoms. The molecule has 0 saturated carbocycles. The molecule has 0 aliphatic carbocycles. The molecular weight excluding hydrogens is 310 g/mol. The summed E-state index contributed by atoms with van der Waals surface area (Å²) in [7, 11) is 4.12. The first-order chi connectivity index (χ1) is 12.1. The number of aliphatic hydroxyl groups excluding tert-OH is 1. The van der Waals surface area contributed by atoms with Gasteiger partial charge in [-0.25, -0.2) is 0 Å². The second-order valence-corrected chi connectivity index (χ2v) is 6.85. The summed E-state index contributed by atoms with van der Waals surface area (Å²) in [5.41, 5.74) is 3.86. The van der Waals surface area contributed by atoms with Crippen molar-refractivity contribution in [3.05, 3.63) is 59.7 Å². The summed E-state index contributed by atoms with van der Waals surface area (Å²) in [4.78, 5) is 2.13. The fourth-order valence-electron chi connectivity index (χ4n) is 3.02. The largest absolute Gasteiger partial charge is 0.491 e. The number of aryl methyl sites for hydroxylation is 1. The highest BCUT2D eigenvalue weighted by Gasteiger charge is 2.12. The highest BCUT2D eigenvalue weighted by Crippen LogP contribution is 2.30. The zero-order valence-electron chi connectivity index (χ0n) is 15.7. The molecule has 0 amide bonds. The normalized spacial score (nSPS) is 12.0. The fraction of sp³-hybridized carbons (Fsp3) is 0.455. The number of aliphatic hydroxyl groups is 1. The van der Waals surface area contributed by atoms with E-state index in [1.54, 1.807) is 6.92 Å². The van der Waals surface area contributed by atoms with Gasteiger partial charge >= 0.3 is 0 Å². The molecule has 0 fully saturated rings. The Labute approximate surface area is 152 Å². The van der Waals surface area contributed by atoms with Crippen LogP contribution in [0.25, 0.3) is 0 Å². The van der Waals surface area contributed by atoms with Gasteiger partial charge in [-0.2, -0.15) is 0 Å². The van der Waals surface area contributed by atoms with E-state index in [1.807, 2.05) is 12.1 Å². The van der Waals surface area contributed by atoms with E-state index in [0.717, 1.165) is 25.0 Å². The van der Waals surface area contributed by atoms with Crippen LogP contribution in [0.5, 0.6) is 5.75 Å². The van der Waals surface area contributed by atoms with E-state index < -0.39 is 6.10 Å². The number of anilines is 1. The molecule has 1 unspecified atom stereocenters. The minimum Gasteiger partial charge on any atom is -0.491 e. The number of hydrogen-bond acceptors (Lipinski definition) is 3. The molecule has 2 aromatic rings. The Morgan fingerprint density at radius 3 is 2.32 bits per heavy atom. The van der Waals surface area contributed by atoms with Crippen molar-refractivity contribution in [3.63, 3.8) is 0 Å². The Morgan fingerprint density at radius 2 is 1.64 bits per heavy atom. The molecule has 0 heterocycles. The van der Waals surface area contributed by atoms with Crippen LogP contribution in [0, 0.1) is 0 Å². The van der Waals surface area contributed by atoms with Crippen LogP contribution in [0.2, 0.25) is 0 Å². The molecule has 3 nitrogen and oxygen atoms in total. The minimum absolute atomic E-state index is 0.331. The molecule has 1 N–H and O–H groups in total. The Balaban J connectivity index is 1.92. The molecular formula is C22H31NO2. The predicted octanol–water partition coefficient (Wildman–Crippen LogP) is 4.47. The standard InChI is InChI=1S/C22H31NO2/c1-18(24)17-25-22-16-10-15-21(23(2)3)20(22)14-9-5-8-13-19-11-6-4-7-12-19/h4,6-7,10-12,15-16,18,24H,5,8-9,13-14,17H2,1-3H3. The van der Waals surface area contributed by atoms with Crippen molar-refractivity contribution >= 4 is 5.69 Å². The van der Waals surface area contributed by atoms with Crippen molar-refractivity contribution in [3.8, 4) is 5.75 Å². The highest BCUT2D eigenvalue weighted by atomic mass is 16.5. The molecule has 2 aromatic carbocycles. The molecule has 0 saturated heterocycles. The Hall–Kier alpha value is -2.00. The van der Waals surface area contributed by atoms with Gasteiger partial charge in [0.05, 0.1) is 6.10 Å². The second-order valence-electron chi connectivity index (χ2n) is 6.85. The van der Waals surface area contributed by atoms with Crippen LogP contribution in [0.4, 0.5) is 5.69 Å². The van der Waals surface area contributed by atoms with E-state index in [0.29, 0.717) is 6.61 Å². The van der Waals surface area contributed by atoms with E-state index >= 15 is 0 Å². The van der Waals surface area contributed by atoms with E-state index in [4.69, 9.17) is 4.74 Å². The van der Waals surface area contributed by atoms with Crippen LogP contribution in [0.15, 0.2) is 48.5 Å². The van der Waals surface area contributed by atoms with Gasteiger partial charge in [0.1, 0.15) is 12.4 Å². The van der Waals surface area contributed by atoms with Crippen molar-refractivity contribution in [1.82, 2.24) is 0 Å². The van der Waals surface area contributed by atoms with Crippen molar-refractivity contribution < 1.29 is 9.84 Å². The van der Waals surface area contributed by atoms with Crippen molar-refractivity contribution in [1.29, 1.82) is 0 Å². The summed E-state index contributed by atoms with van der Waals surface area (Å²) in [6.45, 7) is 2.08. The number of benzene rings is 2. The molecule has 0 aliphatic rings. The smallest absolute Gasteiger partial charge is 0.124 e. The average Bonchev–Trinajstić information content (AvgIpc) is 2.60. The summed E-state index contributed by atoms with van der Waals surface area (Å²) < 4.78 is 5.84. The van der Waals surface area contributed by atoms with Gasteiger partial charge in [-0.15, -0.1) is 0 Å². The third-order valence-corrected chi connectivity index (χ3v) is 4.31. The predicted molar refractivity (Wildman–Crippen MR) is 106 cm³/mol. The minimum atomic E-state index is -0.457. The van der Waals surface area contributed by atoms with Gasteiger partial charge < -0.3 is 14.7 Å². The monoisotopic (exact) mass is 341 g/mol. The highest BCUT2D eigenvalue weighted by molar-refractivity contribution is 5.58. The first-order valence-corrected chi connectivity index (χ1v) is 9.22. The summed E-state index contributed by atoms with van der Waals surface area (Å²) >= 11 is 0. The van der Waals surface area contributed by atoms with E-state index in [2.05, 4.69) is 55.4 Å². The molecule has 0 aliphatic heterocycles. The maximum absolute atomic E-state index is 9.50. The van der Waals surface area contributed by atoms with Gasteiger partial charge in [-0.3, -0.25) is 0 Å². The molecule has 0 bridgehead atoms. The Morgan fingerprint density at radius 1 is 0.920 bits per heavy atom. The van der Waals surface area contributed by atoms with E-state index in [1.165, 1.54) is 29.7 Å². The summed E-state index contributed by atoms with van der Waals surface area (Å²) in [6, 6.07) is 16.8. The van der Waals surface area contributed by atoms with Gasteiger partial charge in [0.15, 0.2) is 0 Å². The molecule has 1 atom stereocenters. The van der Waals surface area contributed by atoms with Crippen LogP contribution in [0.1, 0.15) is 37.3 Å². The SMILES string of the molecule is CC(O)COc1cccc(N(C)C)c1CCCCCc1ccccc1. The van der Waals surface area contributed by atoms with E-state index in [-0.39, 0.29) is 0 Å². The van der Waals surface area contributed by atoms with Crippen LogP contribution < -0.4 is 9.64 Å². The van der Waals surface area contributed by atoms with Crippen molar-refractivity contribution in [2.45, 2.75) is 45.1 Å². The summed E-state index contributed by atoms with van der Waals surface area (Å²) in [6.07, 6.45) is 5.23. The lowest BCUT2D eigenvalue weighted by Crippen LogP contribution is -2.16. The molecule has 0 radical (unpaired) electrons. The van der Waals surface area contributed by atoms with Crippen LogP contribution in [0.3, 0.4) is 0 Å². The van der Waals surface area contributed by atoms with Crippen LogP contribution in [-0.4, -0.2) is 31.9 Å². The third-order valence-electron chi connectivity index (χ3n) is 4.31. The van der Waals surface area contributed by atoms with Gasteiger partial charge in [0.2, 0.25) is 0 Å². The topological polar surface area (TPSA) is 32.7 Å². The zero-order valence-corrected chi connectivity index (χ0v) is 15.7. The lowest BCUT2D eigenvalue weighted by Gasteiger charge is -2.21. The lowest BCUT2D eigenvalue weighted by molar-refractivity contribution is 0.122. The number of rotatable bonds is 10. The van der Waals surface area contributed by atoms with Crippen LogP contribution >= 0.6 is 0 Å². The molecule has 0 aromatic heterocycles. The Bertz CT molecular complexity index is 623. The first kappa shape index (κ1) is 19.3. The quantitative estimate of drug-likeness (QED) is 0.647. The molecule has 0 spiro atoms. The molecule has 136 valence electrons. The first-order valence-electron chi connectivity index (χ1n) is 9.22. The number of ether oxygens (including phenoxy) is 1. The second kappa shape index (κ2) is 10.1. The maximum Gasteiger partial charge on any atom is 0.124 e. The summed E-state index contributed by atoms with van der Waals surface area (Å²) in [5.74, 6) is 0.898. The van der Waals surface area contributed by atoms with Gasteiger partial charge in [0, 0.05) is 25.3 Å². The molecule has 3 heteroatoms. The lowest BCUT2D eigenvalue weighted by atomic mass is 10.0. The maximum atomic E-state index is 9.50. The van der Waals surface area contributed by atoms with Crippen LogP contribution in [-0.2, 0) is 12.8 Å². The van der Waals surface area contributed by atoms with Gasteiger partial charge in [-0.05, 0) is 50.3 Å². The Kier molecular flexibility index (Phi) is 7.80. The molecule has 2 rings (SSSR count).